The third-order valence-corrected chi connectivity index (χ3v) is 3.00. The zero-order chi connectivity index (χ0) is 13.6. The van der Waals surface area contributed by atoms with Crippen molar-refractivity contribution in [2.75, 3.05) is 0 Å². The van der Waals surface area contributed by atoms with E-state index in [0.717, 1.165) is 5.56 Å². The van der Waals surface area contributed by atoms with Gasteiger partial charge in [-0.25, -0.2) is 9.07 Å². The Kier molecular flexibility index (Phi) is 2.41. The molecular weight excluding hydrogens is 247 g/mol. The second kappa shape index (κ2) is 3.98. The van der Waals surface area contributed by atoms with Crippen molar-refractivity contribution in [2.45, 2.75) is 6.92 Å². The zero-order valence-electron chi connectivity index (χ0n) is 10.1. The summed E-state index contributed by atoms with van der Waals surface area (Å²) in [5.41, 5.74) is 1.70. The molecule has 0 spiro atoms. The third kappa shape index (κ3) is 1.71. The van der Waals surface area contributed by atoms with Crippen LogP contribution >= 0.6 is 0 Å². The Morgan fingerprint density at radius 3 is 2.79 bits per heavy atom. The van der Waals surface area contributed by atoms with Gasteiger partial charge >= 0.3 is 0 Å². The molecule has 4 nitrogen and oxygen atoms in total. The van der Waals surface area contributed by atoms with E-state index in [1.165, 1.54) is 23.0 Å². The van der Waals surface area contributed by atoms with Gasteiger partial charge < -0.3 is 10.2 Å². The van der Waals surface area contributed by atoms with E-state index in [-0.39, 0.29) is 11.4 Å². The van der Waals surface area contributed by atoms with Crippen LogP contribution in [-0.4, -0.2) is 20.0 Å². The highest BCUT2D eigenvalue weighted by molar-refractivity contribution is 5.87. The van der Waals surface area contributed by atoms with Gasteiger partial charge in [0.1, 0.15) is 11.4 Å². The second-order valence-electron chi connectivity index (χ2n) is 4.38. The summed E-state index contributed by atoms with van der Waals surface area (Å²) in [7, 11) is 0. The second-order valence-corrected chi connectivity index (χ2v) is 4.38. The lowest BCUT2D eigenvalue weighted by molar-refractivity contribution is 0.429. The number of aromatic hydroxyl groups is 2. The normalized spacial score (nSPS) is 11.1. The molecule has 0 amide bonds. The molecule has 0 saturated carbocycles. The molecule has 96 valence electrons. The molecule has 3 aromatic rings. The summed E-state index contributed by atoms with van der Waals surface area (Å²) in [5, 5.41) is 24.3. The van der Waals surface area contributed by atoms with Crippen LogP contribution in [0.2, 0.25) is 0 Å². The number of hydrogen-bond donors (Lipinski definition) is 2. The van der Waals surface area contributed by atoms with Crippen LogP contribution < -0.4 is 0 Å². The van der Waals surface area contributed by atoms with Crippen molar-refractivity contribution >= 4 is 10.9 Å². The van der Waals surface area contributed by atoms with Crippen molar-refractivity contribution in [1.29, 1.82) is 0 Å². The van der Waals surface area contributed by atoms with Crippen LogP contribution in [0.15, 0.2) is 36.5 Å². The minimum atomic E-state index is -0.710. The fourth-order valence-corrected chi connectivity index (χ4v) is 2.11. The summed E-state index contributed by atoms with van der Waals surface area (Å²) in [6.45, 7) is 1.84. The van der Waals surface area contributed by atoms with Crippen LogP contribution in [0, 0.1) is 12.7 Å². The maximum absolute atomic E-state index is 13.4. The lowest BCUT2D eigenvalue weighted by atomic mass is 10.1. The van der Waals surface area contributed by atoms with E-state index in [2.05, 4.69) is 5.10 Å². The molecule has 5 heteroatoms. The minimum absolute atomic E-state index is 0.108. The van der Waals surface area contributed by atoms with Crippen LogP contribution in [0.5, 0.6) is 11.5 Å². The predicted octanol–water partition coefficient (Wildman–Crippen LogP) is 2.88. The highest BCUT2D eigenvalue weighted by Gasteiger charge is 2.14. The molecule has 1 aromatic heterocycles. The van der Waals surface area contributed by atoms with Gasteiger partial charge in [0.2, 0.25) is 0 Å². The highest BCUT2D eigenvalue weighted by atomic mass is 19.1. The molecule has 0 atom stereocenters. The summed E-state index contributed by atoms with van der Waals surface area (Å²) in [6.07, 6.45) is 1.48. The summed E-state index contributed by atoms with van der Waals surface area (Å²) in [6, 6.07) is 7.66. The number of nitrogens with zero attached hydrogens (tertiary/aromatic N) is 2. The number of hydrogen-bond acceptors (Lipinski definition) is 3. The molecular formula is C14H11FN2O2. The molecule has 0 saturated heterocycles. The fourth-order valence-electron chi connectivity index (χ4n) is 2.11. The molecule has 0 aliphatic carbocycles. The lowest BCUT2D eigenvalue weighted by Crippen LogP contribution is -1.97. The van der Waals surface area contributed by atoms with Crippen molar-refractivity contribution in [2.24, 2.45) is 0 Å². The molecule has 3 rings (SSSR count). The van der Waals surface area contributed by atoms with E-state index in [1.807, 2.05) is 13.0 Å². The standard InChI is InChI=1S/C14H11FN2O2/c1-8-5-12-9(13(18)6-8)7-16-17(12)11-4-2-3-10(15)14(11)19/h2-7,18-19H,1H3. The van der Waals surface area contributed by atoms with Gasteiger partial charge in [0.05, 0.1) is 17.1 Å². The molecule has 1 heterocycles. The van der Waals surface area contributed by atoms with Crippen molar-refractivity contribution in [3.05, 3.63) is 47.9 Å². The molecule has 0 bridgehead atoms. The molecule has 0 radical (unpaired) electrons. The van der Waals surface area contributed by atoms with Crippen LogP contribution in [0.1, 0.15) is 5.56 Å². The van der Waals surface area contributed by atoms with Gasteiger partial charge in [0.25, 0.3) is 0 Å². The van der Waals surface area contributed by atoms with Crippen LogP contribution in [0.4, 0.5) is 4.39 Å². The van der Waals surface area contributed by atoms with Crippen LogP contribution in [0.25, 0.3) is 16.6 Å². The zero-order valence-corrected chi connectivity index (χ0v) is 10.1. The van der Waals surface area contributed by atoms with E-state index in [9.17, 15) is 14.6 Å². The molecule has 2 aromatic carbocycles. The topological polar surface area (TPSA) is 58.3 Å². The van der Waals surface area contributed by atoms with Gasteiger partial charge in [-0.1, -0.05) is 6.07 Å². The number of fused-ring (bicyclic) bond motifs is 1. The van der Waals surface area contributed by atoms with E-state index in [1.54, 1.807) is 12.1 Å². The van der Waals surface area contributed by atoms with Crippen LogP contribution in [-0.2, 0) is 0 Å². The molecule has 0 fully saturated rings. The molecule has 19 heavy (non-hydrogen) atoms. The number of benzene rings is 2. The van der Waals surface area contributed by atoms with Crippen LogP contribution in [0.3, 0.4) is 0 Å². The maximum Gasteiger partial charge on any atom is 0.177 e. The van der Waals surface area contributed by atoms with E-state index < -0.39 is 11.6 Å². The molecule has 0 unspecified atom stereocenters. The number of aromatic nitrogens is 2. The first kappa shape index (κ1) is 11.5. The van der Waals surface area contributed by atoms with E-state index in [0.29, 0.717) is 10.9 Å². The number of phenolic OH excluding ortho intramolecular Hbond substituents is 2. The van der Waals surface area contributed by atoms with Gasteiger partial charge in [-0.2, -0.15) is 5.10 Å². The number of phenols is 2. The van der Waals surface area contributed by atoms with Gasteiger partial charge in [-0.05, 0) is 36.8 Å². The predicted molar refractivity (Wildman–Crippen MR) is 69.1 cm³/mol. The summed E-state index contributed by atoms with van der Waals surface area (Å²) in [4.78, 5) is 0. The Balaban J connectivity index is 2.35. The Morgan fingerprint density at radius 2 is 2.00 bits per heavy atom. The number of halogens is 1. The third-order valence-electron chi connectivity index (χ3n) is 3.00. The number of rotatable bonds is 1. The van der Waals surface area contributed by atoms with E-state index in [4.69, 9.17) is 0 Å². The van der Waals surface area contributed by atoms with E-state index >= 15 is 0 Å². The lowest BCUT2D eigenvalue weighted by Gasteiger charge is -2.07. The first-order valence-corrected chi connectivity index (χ1v) is 5.73. The summed E-state index contributed by atoms with van der Waals surface area (Å²) >= 11 is 0. The van der Waals surface area contributed by atoms with Crippen molar-refractivity contribution < 1.29 is 14.6 Å². The smallest absolute Gasteiger partial charge is 0.177 e. The summed E-state index contributed by atoms with van der Waals surface area (Å²) < 4.78 is 14.8. The summed E-state index contributed by atoms with van der Waals surface area (Å²) in [5.74, 6) is -1.07. The average Bonchev–Trinajstić information content (AvgIpc) is 2.76. The first-order valence-electron chi connectivity index (χ1n) is 5.73. The molecule has 2 N–H and O–H groups in total. The van der Waals surface area contributed by atoms with Gasteiger partial charge in [-0.15, -0.1) is 0 Å². The largest absolute Gasteiger partial charge is 0.507 e. The first-order chi connectivity index (χ1) is 9.08. The van der Waals surface area contributed by atoms with Gasteiger partial charge in [-0.3, -0.25) is 0 Å². The van der Waals surface area contributed by atoms with Gasteiger partial charge in [0, 0.05) is 0 Å². The number of para-hydroxylation sites is 1. The Hall–Kier alpha value is -2.56. The van der Waals surface area contributed by atoms with Crippen molar-refractivity contribution in [1.82, 2.24) is 9.78 Å². The van der Waals surface area contributed by atoms with Crippen molar-refractivity contribution in [3.8, 4) is 17.2 Å². The average molecular weight is 258 g/mol. The minimum Gasteiger partial charge on any atom is -0.507 e. The SMILES string of the molecule is Cc1cc(O)c2cnn(-c3cccc(F)c3O)c2c1. The quantitative estimate of drug-likeness (QED) is 0.705. The Morgan fingerprint density at radius 1 is 1.21 bits per heavy atom. The van der Waals surface area contributed by atoms with Gasteiger partial charge in [0.15, 0.2) is 11.6 Å². The molecule has 0 aliphatic rings. The Bertz CT molecular complexity index is 780. The fraction of sp³-hybridized carbons (Fsp3) is 0.0714. The maximum atomic E-state index is 13.4. The highest BCUT2D eigenvalue weighted by Crippen LogP contribution is 2.31. The molecule has 0 aliphatic heterocycles. The monoisotopic (exact) mass is 258 g/mol. The van der Waals surface area contributed by atoms with Crippen molar-refractivity contribution in [3.63, 3.8) is 0 Å². The Labute approximate surface area is 108 Å². The number of aryl methyl sites for hydroxylation is 1.